The van der Waals surface area contributed by atoms with Gasteiger partial charge in [0.25, 0.3) is 0 Å². The molecule has 1 fully saturated rings. The average molecular weight is 583 g/mol. The van der Waals surface area contributed by atoms with Gasteiger partial charge in [0.15, 0.2) is 0 Å². The second-order valence-electron chi connectivity index (χ2n) is 10.1. The summed E-state index contributed by atoms with van der Waals surface area (Å²) in [6.07, 6.45) is 0.490. The van der Waals surface area contributed by atoms with Crippen molar-refractivity contribution in [2.24, 2.45) is 0 Å². The predicted molar refractivity (Wildman–Crippen MR) is 143 cm³/mol. The molecule has 1 aliphatic rings. The van der Waals surface area contributed by atoms with Crippen LogP contribution in [0, 0.1) is 11.6 Å². The first-order chi connectivity index (χ1) is 20.2. The van der Waals surface area contributed by atoms with Gasteiger partial charge in [-0.3, -0.25) is 4.90 Å². The standard InChI is InChI=1S/C29H29F3N6O4/c1-19(29(40,17-38-18-34-35-36-38)23-9-8-22(30)13-24(23)31)37-12-11-26(25(32)15-37)42-27-10-7-21(14-33-27)28(39)41-16-20-5-3-2-4-6-20/h2-10,13-14,18-19,25-26,40H,11-12,15-17H2,1H3/t19-,25-,26+,29-/m1/s1. The molecule has 0 saturated carbocycles. The maximum absolute atomic E-state index is 15.4. The summed E-state index contributed by atoms with van der Waals surface area (Å²) in [6.45, 7) is 1.68. The van der Waals surface area contributed by atoms with E-state index in [0.29, 0.717) is 12.6 Å². The average Bonchev–Trinajstić information content (AvgIpc) is 3.50. The number of aliphatic hydroxyl groups is 1. The van der Waals surface area contributed by atoms with E-state index in [4.69, 9.17) is 9.47 Å². The van der Waals surface area contributed by atoms with Crippen LogP contribution in [0.3, 0.4) is 0 Å². The largest absolute Gasteiger partial charge is 0.471 e. The molecule has 3 heterocycles. The number of pyridine rings is 1. The third-order valence-corrected chi connectivity index (χ3v) is 7.40. The Kier molecular flexibility index (Phi) is 8.78. The molecule has 4 atom stereocenters. The number of halogens is 3. The van der Waals surface area contributed by atoms with Crippen molar-refractivity contribution in [3.63, 3.8) is 0 Å². The zero-order chi connectivity index (χ0) is 29.7. The second-order valence-corrected chi connectivity index (χ2v) is 10.1. The molecule has 1 aliphatic heterocycles. The Morgan fingerprint density at radius 2 is 1.98 bits per heavy atom. The van der Waals surface area contributed by atoms with Crippen molar-refractivity contribution in [1.82, 2.24) is 30.1 Å². The fourth-order valence-corrected chi connectivity index (χ4v) is 5.01. The van der Waals surface area contributed by atoms with Gasteiger partial charge >= 0.3 is 5.97 Å². The van der Waals surface area contributed by atoms with Crippen LogP contribution >= 0.6 is 0 Å². The summed E-state index contributed by atoms with van der Waals surface area (Å²) in [5.41, 5.74) is -1.00. The molecule has 4 aromatic rings. The highest BCUT2D eigenvalue weighted by molar-refractivity contribution is 5.89. The van der Waals surface area contributed by atoms with E-state index in [1.165, 1.54) is 35.4 Å². The molecule has 42 heavy (non-hydrogen) atoms. The molecule has 0 aliphatic carbocycles. The lowest BCUT2D eigenvalue weighted by Crippen LogP contribution is -2.57. The molecule has 0 unspecified atom stereocenters. The molecular weight excluding hydrogens is 553 g/mol. The van der Waals surface area contributed by atoms with Crippen LogP contribution in [0.25, 0.3) is 0 Å². The van der Waals surface area contributed by atoms with Gasteiger partial charge in [0.05, 0.1) is 12.1 Å². The number of esters is 1. The van der Waals surface area contributed by atoms with Crippen molar-refractivity contribution in [1.29, 1.82) is 0 Å². The monoisotopic (exact) mass is 582 g/mol. The third kappa shape index (κ3) is 6.58. The number of nitrogens with zero attached hydrogens (tertiary/aromatic N) is 6. The molecule has 1 N–H and O–H groups in total. The fraction of sp³-hybridized carbons (Fsp3) is 0.345. The Balaban J connectivity index is 1.22. The van der Waals surface area contributed by atoms with Gasteiger partial charge in [-0.2, -0.15) is 0 Å². The number of alkyl halides is 1. The number of ether oxygens (including phenoxy) is 2. The van der Waals surface area contributed by atoms with E-state index in [1.54, 1.807) is 11.8 Å². The topological polar surface area (TPSA) is 115 Å². The zero-order valence-electron chi connectivity index (χ0n) is 22.7. The molecule has 2 aromatic carbocycles. The van der Waals surface area contributed by atoms with Gasteiger partial charge in [-0.15, -0.1) is 5.10 Å². The van der Waals surface area contributed by atoms with Gasteiger partial charge in [0.2, 0.25) is 5.88 Å². The van der Waals surface area contributed by atoms with Crippen molar-refractivity contribution < 1.29 is 32.5 Å². The molecule has 2 aromatic heterocycles. The Hall–Kier alpha value is -4.36. The zero-order valence-corrected chi connectivity index (χ0v) is 22.7. The van der Waals surface area contributed by atoms with Crippen LogP contribution in [0.15, 0.2) is 73.2 Å². The van der Waals surface area contributed by atoms with Crippen LogP contribution in [0.1, 0.15) is 34.8 Å². The van der Waals surface area contributed by atoms with E-state index < -0.39 is 41.5 Å². The van der Waals surface area contributed by atoms with Crippen molar-refractivity contribution in [2.45, 2.75) is 50.4 Å². The number of hydrogen-bond donors (Lipinski definition) is 1. The highest BCUT2D eigenvalue weighted by atomic mass is 19.1. The number of rotatable bonds is 10. The number of hydrogen-bond acceptors (Lipinski definition) is 9. The fourth-order valence-electron chi connectivity index (χ4n) is 5.01. The van der Waals surface area contributed by atoms with Gasteiger partial charge in [0.1, 0.15) is 42.4 Å². The molecule has 13 heteroatoms. The minimum atomic E-state index is -1.92. The van der Waals surface area contributed by atoms with E-state index in [9.17, 15) is 18.7 Å². The quantitative estimate of drug-likeness (QED) is 0.281. The summed E-state index contributed by atoms with van der Waals surface area (Å²) in [6, 6.07) is 14.3. The maximum Gasteiger partial charge on any atom is 0.340 e. The number of tetrazole rings is 1. The minimum Gasteiger partial charge on any atom is -0.471 e. The van der Waals surface area contributed by atoms with Crippen molar-refractivity contribution in [3.8, 4) is 5.88 Å². The molecule has 5 rings (SSSR count). The first kappa shape index (κ1) is 29.1. The number of carbonyl (C=O) groups is 1. The van der Waals surface area contributed by atoms with Crippen LogP contribution in [-0.4, -0.2) is 72.6 Å². The molecular formula is C29H29F3N6O4. The van der Waals surface area contributed by atoms with Crippen molar-refractivity contribution in [2.75, 3.05) is 13.1 Å². The first-order valence-electron chi connectivity index (χ1n) is 13.3. The molecule has 1 saturated heterocycles. The van der Waals surface area contributed by atoms with Gasteiger partial charge in [0, 0.05) is 49.4 Å². The lowest BCUT2D eigenvalue weighted by Gasteiger charge is -2.44. The van der Waals surface area contributed by atoms with E-state index in [0.717, 1.165) is 11.6 Å². The maximum atomic E-state index is 15.4. The normalized spacial score (nSPS) is 19.5. The van der Waals surface area contributed by atoms with Crippen LogP contribution in [-0.2, 0) is 23.5 Å². The van der Waals surface area contributed by atoms with Crippen LogP contribution in [0.2, 0.25) is 0 Å². The Morgan fingerprint density at radius 1 is 1.17 bits per heavy atom. The Bertz CT molecular complexity index is 1480. The Labute approximate surface area is 239 Å². The summed E-state index contributed by atoms with van der Waals surface area (Å²) in [5, 5.41) is 22.7. The van der Waals surface area contributed by atoms with Crippen LogP contribution in [0.5, 0.6) is 5.88 Å². The van der Waals surface area contributed by atoms with Gasteiger partial charge in [-0.1, -0.05) is 36.4 Å². The lowest BCUT2D eigenvalue weighted by molar-refractivity contribution is -0.0883. The minimum absolute atomic E-state index is 0.122. The molecule has 220 valence electrons. The summed E-state index contributed by atoms with van der Waals surface area (Å²) in [5.74, 6) is -2.13. The third-order valence-electron chi connectivity index (χ3n) is 7.40. The van der Waals surface area contributed by atoms with Crippen LogP contribution in [0.4, 0.5) is 13.2 Å². The Morgan fingerprint density at radius 3 is 2.64 bits per heavy atom. The molecule has 0 spiro atoms. The van der Waals surface area contributed by atoms with E-state index in [1.807, 2.05) is 30.3 Å². The summed E-state index contributed by atoms with van der Waals surface area (Å²) >= 11 is 0. The van der Waals surface area contributed by atoms with Gasteiger partial charge in [-0.05, 0) is 35.0 Å². The summed E-state index contributed by atoms with van der Waals surface area (Å²) < 4.78 is 56.2. The number of aromatic nitrogens is 5. The van der Waals surface area contributed by atoms with Crippen LogP contribution < -0.4 is 4.74 Å². The molecule has 0 amide bonds. The molecule has 10 nitrogen and oxygen atoms in total. The van der Waals surface area contributed by atoms with E-state index >= 15 is 4.39 Å². The second kappa shape index (κ2) is 12.7. The number of carbonyl (C=O) groups excluding carboxylic acids is 1. The van der Waals surface area contributed by atoms with Gasteiger partial charge < -0.3 is 14.6 Å². The number of piperidine rings is 1. The molecule has 0 radical (unpaired) electrons. The predicted octanol–water partition coefficient (Wildman–Crippen LogP) is 3.47. The summed E-state index contributed by atoms with van der Waals surface area (Å²) in [7, 11) is 0. The number of benzene rings is 2. The summed E-state index contributed by atoms with van der Waals surface area (Å²) in [4.78, 5) is 18.2. The lowest BCUT2D eigenvalue weighted by atomic mass is 9.84. The first-order valence-corrected chi connectivity index (χ1v) is 13.3. The number of likely N-dealkylation sites (tertiary alicyclic amines) is 1. The smallest absolute Gasteiger partial charge is 0.340 e. The van der Waals surface area contributed by atoms with Crippen molar-refractivity contribution in [3.05, 3.63) is 102 Å². The van der Waals surface area contributed by atoms with E-state index in [2.05, 4.69) is 20.5 Å². The SMILES string of the molecule is C[C@@H](N1CC[C@H](Oc2ccc(C(=O)OCc3ccccc3)cn2)[C@H](F)C1)[C@](O)(Cn1cnnn1)c1ccc(F)cc1F. The van der Waals surface area contributed by atoms with E-state index in [-0.39, 0.29) is 43.1 Å². The molecule has 0 bridgehead atoms. The highest BCUT2D eigenvalue weighted by Gasteiger charge is 2.45. The van der Waals surface area contributed by atoms with Gasteiger partial charge in [-0.25, -0.2) is 27.6 Å². The van der Waals surface area contributed by atoms with Crippen molar-refractivity contribution >= 4 is 5.97 Å². The highest BCUT2D eigenvalue weighted by Crippen LogP contribution is 2.34.